The van der Waals surface area contributed by atoms with Crippen molar-refractivity contribution in [2.24, 2.45) is 11.8 Å². The first-order valence-electron chi connectivity index (χ1n) is 7.67. The lowest BCUT2D eigenvalue weighted by Gasteiger charge is -2.29. The molecule has 2 aliphatic rings. The van der Waals surface area contributed by atoms with Gasteiger partial charge in [0.1, 0.15) is 0 Å². The fraction of sp³-hybridized carbons (Fsp3) is 0.765. The molecule has 0 heteroatoms. The first-order chi connectivity index (χ1) is 8.36. The Kier molecular flexibility index (Phi) is 5.35. The van der Waals surface area contributed by atoms with Gasteiger partial charge in [0.05, 0.1) is 0 Å². The second kappa shape index (κ2) is 7.03. The Labute approximate surface area is 107 Å². The fourth-order valence-corrected chi connectivity index (χ4v) is 3.50. The first kappa shape index (κ1) is 12.9. The molecule has 0 saturated heterocycles. The van der Waals surface area contributed by atoms with Crippen LogP contribution in [-0.4, -0.2) is 0 Å². The van der Waals surface area contributed by atoms with Crippen LogP contribution in [0.2, 0.25) is 0 Å². The van der Waals surface area contributed by atoms with Crippen molar-refractivity contribution in [3.8, 4) is 0 Å². The van der Waals surface area contributed by atoms with E-state index in [-0.39, 0.29) is 0 Å². The van der Waals surface area contributed by atoms with Crippen LogP contribution in [0.4, 0.5) is 0 Å². The summed E-state index contributed by atoms with van der Waals surface area (Å²) in [7, 11) is 0. The molecule has 0 saturated carbocycles. The Hall–Kier alpha value is -0.520. The molecule has 0 bridgehead atoms. The van der Waals surface area contributed by atoms with Gasteiger partial charge in [0, 0.05) is 0 Å². The maximum atomic E-state index is 2.49. The van der Waals surface area contributed by atoms with Gasteiger partial charge in [-0.25, -0.2) is 0 Å². The number of allylic oxidation sites excluding steroid dienone is 4. The topological polar surface area (TPSA) is 0 Å². The van der Waals surface area contributed by atoms with E-state index in [0.29, 0.717) is 0 Å². The fourth-order valence-electron chi connectivity index (χ4n) is 3.50. The van der Waals surface area contributed by atoms with Crippen molar-refractivity contribution in [3.63, 3.8) is 0 Å². The summed E-state index contributed by atoms with van der Waals surface area (Å²) in [6, 6.07) is 0. The van der Waals surface area contributed by atoms with Crippen LogP contribution >= 0.6 is 0 Å². The minimum absolute atomic E-state index is 0.966. The molecule has 0 aromatic rings. The van der Waals surface area contributed by atoms with Crippen molar-refractivity contribution in [1.82, 2.24) is 0 Å². The van der Waals surface area contributed by atoms with Crippen molar-refractivity contribution in [1.29, 1.82) is 0 Å². The van der Waals surface area contributed by atoms with Gasteiger partial charge in [-0.3, -0.25) is 0 Å². The Morgan fingerprint density at radius 2 is 1.65 bits per heavy atom. The highest BCUT2D eigenvalue weighted by Crippen LogP contribution is 2.34. The summed E-state index contributed by atoms with van der Waals surface area (Å²) in [4.78, 5) is 0. The van der Waals surface area contributed by atoms with Crippen LogP contribution in [0, 0.1) is 11.8 Å². The molecule has 0 amide bonds. The molecule has 0 spiro atoms. The third-order valence-electron chi connectivity index (χ3n) is 4.57. The van der Waals surface area contributed by atoms with E-state index in [2.05, 4.69) is 25.2 Å². The summed E-state index contributed by atoms with van der Waals surface area (Å²) >= 11 is 0. The van der Waals surface area contributed by atoms with Gasteiger partial charge in [-0.2, -0.15) is 0 Å². The van der Waals surface area contributed by atoms with E-state index in [1.54, 1.807) is 5.57 Å². The second-order valence-corrected chi connectivity index (χ2v) is 6.05. The van der Waals surface area contributed by atoms with Crippen molar-refractivity contribution in [2.45, 2.75) is 71.1 Å². The van der Waals surface area contributed by atoms with Gasteiger partial charge in [0.15, 0.2) is 0 Å². The summed E-state index contributed by atoms with van der Waals surface area (Å²) in [6.07, 6.45) is 21.4. The Bertz CT molecular complexity index is 272. The first-order valence-corrected chi connectivity index (χ1v) is 7.67. The molecule has 0 aliphatic heterocycles. The summed E-state index contributed by atoms with van der Waals surface area (Å²) < 4.78 is 0. The predicted octanol–water partition coefficient (Wildman–Crippen LogP) is 5.65. The molecule has 0 heterocycles. The van der Waals surface area contributed by atoms with E-state index in [1.807, 2.05) is 0 Å². The van der Waals surface area contributed by atoms with E-state index in [1.165, 1.54) is 64.2 Å². The van der Waals surface area contributed by atoms with Gasteiger partial charge in [0.2, 0.25) is 0 Å². The van der Waals surface area contributed by atoms with Crippen LogP contribution in [0.1, 0.15) is 71.1 Å². The number of rotatable bonds is 1. The average Bonchev–Trinajstić information content (AvgIpc) is 2.23. The van der Waals surface area contributed by atoms with Gasteiger partial charge < -0.3 is 0 Å². The third kappa shape index (κ3) is 4.33. The van der Waals surface area contributed by atoms with Crippen LogP contribution in [0.3, 0.4) is 0 Å². The molecule has 0 N–H and O–H groups in total. The molecule has 0 radical (unpaired) electrons. The highest BCUT2D eigenvalue weighted by atomic mass is 14.3. The van der Waals surface area contributed by atoms with Crippen LogP contribution in [-0.2, 0) is 0 Å². The zero-order chi connectivity index (χ0) is 11.9. The summed E-state index contributed by atoms with van der Waals surface area (Å²) in [6.45, 7) is 2.34. The molecule has 2 rings (SSSR count). The maximum absolute atomic E-state index is 2.49. The van der Waals surface area contributed by atoms with Crippen LogP contribution < -0.4 is 0 Å². The number of hydrogen-bond donors (Lipinski definition) is 0. The molecule has 2 unspecified atom stereocenters. The minimum Gasteiger partial charge on any atom is -0.0885 e. The Morgan fingerprint density at radius 1 is 0.882 bits per heavy atom. The number of hydrogen-bond acceptors (Lipinski definition) is 0. The van der Waals surface area contributed by atoms with Gasteiger partial charge >= 0.3 is 0 Å². The summed E-state index contributed by atoms with van der Waals surface area (Å²) in [5.74, 6) is 1.93. The lowest BCUT2D eigenvalue weighted by Crippen LogP contribution is -2.17. The minimum atomic E-state index is 0.966. The predicted molar refractivity (Wildman–Crippen MR) is 76.0 cm³/mol. The molecule has 17 heavy (non-hydrogen) atoms. The zero-order valence-electron chi connectivity index (χ0n) is 11.5. The second-order valence-electron chi connectivity index (χ2n) is 6.05. The lowest BCUT2D eigenvalue weighted by atomic mass is 9.77. The van der Waals surface area contributed by atoms with E-state index >= 15 is 0 Å². The van der Waals surface area contributed by atoms with Crippen molar-refractivity contribution < 1.29 is 0 Å². The lowest BCUT2D eigenvalue weighted by molar-refractivity contribution is 0.274. The molecule has 2 atom stereocenters. The van der Waals surface area contributed by atoms with E-state index in [4.69, 9.17) is 0 Å². The molecule has 0 nitrogen and oxygen atoms in total. The smallest absolute Gasteiger partial charge is 0.0292 e. The Balaban J connectivity index is 1.97. The highest BCUT2D eigenvalue weighted by molar-refractivity contribution is 5.02. The molecule has 0 aromatic carbocycles. The third-order valence-corrected chi connectivity index (χ3v) is 4.57. The standard InChI is InChI=1S/C17H28/c1-15-10-6-5-9-13-17(14-15)16-11-7-3-2-4-8-12-16/h3,7,10,16-17H,2,4-6,8-9,11-14H2,1H3. The van der Waals surface area contributed by atoms with Crippen LogP contribution in [0.5, 0.6) is 0 Å². The Morgan fingerprint density at radius 3 is 2.53 bits per heavy atom. The van der Waals surface area contributed by atoms with Crippen molar-refractivity contribution >= 4 is 0 Å². The van der Waals surface area contributed by atoms with Gasteiger partial charge in [0.25, 0.3) is 0 Å². The SMILES string of the molecule is CC1=CCCCCC(C2CC=CCCCC2)C1. The van der Waals surface area contributed by atoms with Crippen molar-refractivity contribution in [3.05, 3.63) is 23.8 Å². The van der Waals surface area contributed by atoms with Gasteiger partial charge in [-0.05, 0) is 70.1 Å². The van der Waals surface area contributed by atoms with Crippen LogP contribution in [0.25, 0.3) is 0 Å². The molecular formula is C17H28. The van der Waals surface area contributed by atoms with E-state index < -0.39 is 0 Å². The quantitative estimate of drug-likeness (QED) is 0.512. The van der Waals surface area contributed by atoms with Gasteiger partial charge in [-0.1, -0.05) is 36.6 Å². The highest BCUT2D eigenvalue weighted by Gasteiger charge is 2.21. The molecule has 96 valence electrons. The molecule has 0 aromatic heterocycles. The average molecular weight is 232 g/mol. The van der Waals surface area contributed by atoms with Crippen LogP contribution in [0.15, 0.2) is 23.8 Å². The van der Waals surface area contributed by atoms with E-state index in [9.17, 15) is 0 Å². The monoisotopic (exact) mass is 232 g/mol. The largest absolute Gasteiger partial charge is 0.0885 e. The molecule has 2 aliphatic carbocycles. The maximum Gasteiger partial charge on any atom is -0.0292 e. The summed E-state index contributed by atoms with van der Waals surface area (Å²) in [5.41, 5.74) is 1.65. The molecular weight excluding hydrogens is 204 g/mol. The normalized spacial score (nSPS) is 31.9. The van der Waals surface area contributed by atoms with Crippen molar-refractivity contribution in [2.75, 3.05) is 0 Å². The zero-order valence-corrected chi connectivity index (χ0v) is 11.5. The summed E-state index contributed by atoms with van der Waals surface area (Å²) in [5, 5.41) is 0. The van der Waals surface area contributed by atoms with E-state index in [0.717, 1.165) is 11.8 Å². The van der Waals surface area contributed by atoms with Gasteiger partial charge in [-0.15, -0.1) is 0 Å². The molecule has 0 fully saturated rings.